The van der Waals surface area contributed by atoms with Gasteiger partial charge in [0.2, 0.25) is 5.91 Å². The van der Waals surface area contributed by atoms with Gasteiger partial charge in [-0.2, -0.15) is 10.1 Å². The number of thioether (sulfide) groups is 1. The monoisotopic (exact) mass is 540 g/mol. The predicted molar refractivity (Wildman–Crippen MR) is 142 cm³/mol. The Hall–Kier alpha value is -3.20. The van der Waals surface area contributed by atoms with E-state index in [1.54, 1.807) is 47.5 Å². The number of halogens is 3. The second kappa shape index (κ2) is 10.4. The summed E-state index contributed by atoms with van der Waals surface area (Å²) >= 11 is 13.3. The van der Waals surface area contributed by atoms with Crippen molar-refractivity contribution in [2.24, 2.45) is 10.1 Å². The van der Waals surface area contributed by atoms with Gasteiger partial charge in [-0.15, -0.1) is 0 Å². The Morgan fingerprint density at radius 3 is 2.53 bits per heavy atom. The number of nitrogens with zero attached hydrogens (tertiary/aromatic N) is 3. The number of carbonyl (C=O) groups excluding carboxylic acids is 2. The van der Waals surface area contributed by atoms with Gasteiger partial charge in [0.15, 0.2) is 5.17 Å². The molecule has 2 aliphatic heterocycles. The van der Waals surface area contributed by atoms with Crippen LogP contribution in [0.4, 0.5) is 10.1 Å². The third-order valence-electron chi connectivity index (χ3n) is 5.74. The molecule has 0 saturated heterocycles. The van der Waals surface area contributed by atoms with Crippen LogP contribution in [0.2, 0.25) is 10.0 Å². The highest BCUT2D eigenvalue weighted by Gasteiger charge is 2.39. The Kier molecular flexibility index (Phi) is 7.09. The Morgan fingerprint density at radius 2 is 1.81 bits per heavy atom. The van der Waals surface area contributed by atoms with Crippen molar-refractivity contribution in [3.63, 3.8) is 0 Å². The van der Waals surface area contributed by atoms with E-state index in [9.17, 15) is 14.0 Å². The van der Waals surface area contributed by atoms with Gasteiger partial charge in [-0.25, -0.2) is 9.40 Å². The van der Waals surface area contributed by atoms with Gasteiger partial charge in [0.1, 0.15) is 11.1 Å². The fourth-order valence-electron chi connectivity index (χ4n) is 4.00. The number of rotatable bonds is 5. The molecule has 2 amide bonds. The smallest absolute Gasteiger partial charge is 0.262 e. The highest BCUT2D eigenvalue weighted by Crippen LogP contribution is 2.39. The van der Waals surface area contributed by atoms with Crippen molar-refractivity contribution in [1.82, 2.24) is 5.01 Å². The molecule has 2 aliphatic rings. The van der Waals surface area contributed by atoms with Gasteiger partial charge >= 0.3 is 0 Å². The van der Waals surface area contributed by atoms with Gasteiger partial charge in [0.05, 0.1) is 11.8 Å². The molecular weight excluding hydrogens is 522 g/mol. The predicted octanol–water partition coefficient (Wildman–Crippen LogP) is 6.31. The molecule has 182 valence electrons. The lowest BCUT2D eigenvalue weighted by atomic mass is 9.98. The molecule has 0 fully saturated rings. The number of benzene rings is 3. The average molecular weight is 541 g/mol. The summed E-state index contributed by atoms with van der Waals surface area (Å²) in [6.45, 7) is 0. The summed E-state index contributed by atoms with van der Waals surface area (Å²) in [5, 5.41) is 10.1. The van der Waals surface area contributed by atoms with Gasteiger partial charge in [0, 0.05) is 28.6 Å². The van der Waals surface area contributed by atoms with E-state index in [0.717, 1.165) is 16.8 Å². The Balaban J connectivity index is 1.35. The minimum atomic E-state index is -0.669. The Bertz CT molecular complexity index is 1380. The lowest BCUT2D eigenvalue weighted by molar-refractivity contribution is -0.121. The first-order valence-electron chi connectivity index (χ1n) is 11.1. The van der Waals surface area contributed by atoms with Crippen molar-refractivity contribution in [1.29, 1.82) is 0 Å². The minimum Gasteiger partial charge on any atom is -0.326 e. The number of nitrogens with one attached hydrogen (secondary N) is 1. The van der Waals surface area contributed by atoms with E-state index in [4.69, 9.17) is 28.3 Å². The molecule has 6 nitrogen and oxygen atoms in total. The Labute approximate surface area is 221 Å². The van der Waals surface area contributed by atoms with Crippen LogP contribution < -0.4 is 5.32 Å². The first-order valence-corrected chi connectivity index (χ1v) is 12.7. The summed E-state index contributed by atoms with van der Waals surface area (Å²) in [4.78, 5) is 29.5. The van der Waals surface area contributed by atoms with E-state index < -0.39 is 11.2 Å². The van der Waals surface area contributed by atoms with E-state index >= 15 is 0 Å². The molecule has 5 rings (SSSR count). The van der Waals surface area contributed by atoms with Crippen molar-refractivity contribution in [3.8, 4) is 0 Å². The van der Waals surface area contributed by atoms with Crippen LogP contribution in [0.5, 0.6) is 0 Å². The summed E-state index contributed by atoms with van der Waals surface area (Å²) in [5.74, 6) is -1.03. The van der Waals surface area contributed by atoms with Gasteiger partial charge in [-0.3, -0.25) is 9.59 Å². The lowest BCUT2D eigenvalue weighted by Crippen LogP contribution is -2.25. The number of hydrogen-bond donors (Lipinski definition) is 1. The van der Waals surface area contributed by atoms with Crippen LogP contribution in [0.15, 0.2) is 82.9 Å². The van der Waals surface area contributed by atoms with E-state index in [2.05, 4.69) is 10.3 Å². The topological polar surface area (TPSA) is 74.1 Å². The number of hydrogen-bond acceptors (Lipinski definition) is 5. The molecular formula is C26H19Cl2FN4O2S. The number of aliphatic imine (C=N–C) groups is 1. The second-order valence-corrected chi connectivity index (χ2v) is 10.3. The van der Waals surface area contributed by atoms with Crippen LogP contribution in [-0.4, -0.2) is 33.0 Å². The van der Waals surface area contributed by atoms with E-state index in [1.165, 1.54) is 23.9 Å². The number of amides is 2. The Morgan fingerprint density at radius 1 is 1.06 bits per heavy atom. The molecule has 0 saturated carbocycles. The summed E-state index contributed by atoms with van der Waals surface area (Å²) in [6.07, 6.45) is 0.477. The molecule has 2 heterocycles. The van der Waals surface area contributed by atoms with Crippen LogP contribution in [0.25, 0.3) is 0 Å². The zero-order valence-electron chi connectivity index (χ0n) is 18.7. The molecule has 3 aromatic rings. The molecule has 0 radical (unpaired) electrons. The third-order valence-corrected chi connectivity index (χ3v) is 7.37. The van der Waals surface area contributed by atoms with E-state index in [0.29, 0.717) is 27.3 Å². The molecule has 2 unspecified atom stereocenters. The summed E-state index contributed by atoms with van der Waals surface area (Å²) in [5.41, 5.74) is 3.01. The molecule has 0 aromatic heterocycles. The second-order valence-electron chi connectivity index (χ2n) is 8.27. The van der Waals surface area contributed by atoms with Crippen molar-refractivity contribution in [3.05, 3.63) is 99.8 Å². The highest BCUT2D eigenvalue weighted by atomic mass is 35.5. The van der Waals surface area contributed by atoms with Gasteiger partial charge in [-0.05, 0) is 59.7 Å². The van der Waals surface area contributed by atoms with Crippen LogP contribution in [0, 0.1) is 5.82 Å². The fraction of sp³-hybridized carbons (Fsp3) is 0.154. The quantitative estimate of drug-likeness (QED) is 0.411. The van der Waals surface area contributed by atoms with Crippen molar-refractivity contribution in [2.75, 3.05) is 5.32 Å². The molecule has 0 spiro atoms. The highest BCUT2D eigenvalue weighted by molar-refractivity contribution is 8.15. The zero-order valence-corrected chi connectivity index (χ0v) is 21.0. The van der Waals surface area contributed by atoms with Crippen molar-refractivity contribution in [2.45, 2.75) is 24.1 Å². The van der Waals surface area contributed by atoms with Gasteiger partial charge in [0.25, 0.3) is 5.91 Å². The number of anilines is 1. The fourth-order valence-corrected chi connectivity index (χ4v) is 5.38. The first kappa shape index (κ1) is 24.5. The molecule has 10 heteroatoms. The molecule has 2 atom stereocenters. The van der Waals surface area contributed by atoms with Crippen LogP contribution in [0.3, 0.4) is 0 Å². The van der Waals surface area contributed by atoms with Crippen LogP contribution >= 0.6 is 35.0 Å². The minimum absolute atomic E-state index is 0.0384. The largest absolute Gasteiger partial charge is 0.326 e. The molecule has 36 heavy (non-hydrogen) atoms. The van der Waals surface area contributed by atoms with Crippen LogP contribution in [0.1, 0.15) is 30.0 Å². The van der Waals surface area contributed by atoms with E-state index in [1.807, 2.05) is 18.2 Å². The zero-order chi connectivity index (χ0) is 25.2. The average Bonchev–Trinajstić information content (AvgIpc) is 3.45. The standard InChI is InChI=1S/C26H19Cl2FN4O2S/c27-17-6-10-20(11-7-17)30-24(34)14-23-25(35)31-26(36-23)33-22(16-2-1-3-18(28)12-16)13-21(32-33)15-4-8-19(29)9-5-15/h1-12,22-23H,13-14H2,(H,30,34). The summed E-state index contributed by atoms with van der Waals surface area (Å²) < 4.78 is 13.5. The van der Waals surface area contributed by atoms with Crippen molar-refractivity contribution >= 4 is 63.3 Å². The summed E-state index contributed by atoms with van der Waals surface area (Å²) in [7, 11) is 0. The maximum atomic E-state index is 13.5. The van der Waals surface area contributed by atoms with E-state index in [-0.39, 0.29) is 24.2 Å². The maximum Gasteiger partial charge on any atom is 0.262 e. The maximum absolute atomic E-state index is 13.5. The van der Waals surface area contributed by atoms with Gasteiger partial charge in [-0.1, -0.05) is 59.2 Å². The molecule has 0 aliphatic carbocycles. The first-order chi connectivity index (χ1) is 17.4. The van der Waals surface area contributed by atoms with Gasteiger partial charge < -0.3 is 5.32 Å². The summed E-state index contributed by atoms with van der Waals surface area (Å²) in [6, 6.07) is 20.0. The number of hydrazone groups is 1. The molecule has 3 aromatic carbocycles. The SMILES string of the molecule is O=C(CC1SC(N2N=C(c3ccc(F)cc3)CC2c2cccc(Cl)c2)=NC1=O)Nc1ccc(Cl)cc1. The molecule has 1 N–H and O–H groups in total. The third kappa shape index (κ3) is 5.46. The lowest BCUT2D eigenvalue weighted by Gasteiger charge is -2.23. The normalized spacial score (nSPS) is 19.3. The van der Waals surface area contributed by atoms with Crippen LogP contribution in [-0.2, 0) is 9.59 Å². The number of carbonyl (C=O) groups is 2. The molecule has 0 bridgehead atoms. The van der Waals surface area contributed by atoms with Crippen molar-refractivity contribution < 1.29 is 14.0 Å². The number of amidine groups is 1.